The maximum Gasteiger partial charge on any atom is 0.188 e. The predicted molar refractivity (Wildman–Crippen MR) is 56.7 cm³/mol. The molecule has 2 rings (SSSR count). The van der Waals surface area contributed by atoms with Crippen LogP contribution in [0.25, 0.3) is 0 Å². The maximum absolute atomic E-state index is 7.39. The third-order valence-electron chi connectivity index (χ3n) is 2.66. The summed E-state index contributed by atoms with van der Waals surface area (Å²) < 4.78 is 5.32. The molecule has 0 radical (unpaired) electrons. The number of rotatable bonds is 1. The van der Waals surface area contributed by atoms with Gasteiger partial charge in [0, 0.05) is 18.3 Å². The van der Waals surface area contributed by atoms with Gasteiger partial charge >= 0.3 is 0 Å². The second-order valence-electron chi connectivity index (χ2n) is 3.62. The van der Waals surface area contributed by atoms with Gasteiger partial charge in [0.1, 0.15) is 5.75 Å². The monoisotopic (exact) mass is 206 g/mol. The quantitative estimate of drug-likeness (QED) is 0.521. The number of hydrogen-bond donors (Lipinski definition) is 2. The molecule has 1 aromatic rings. The lowest BCUT2D eigenvalue weighted by Crippen LogP contribution is -2.31. The molecule has 0 fully saturated rings. The number of nitrogens with two attached hydrogens (primary N) is 1. The lowest BCUT2D eigenvalue weighted by molar-refractivity contribution is 0.394. The number of hydrogen-bond acceptors (Lipinski definition) is 3. The summed E-state index contributed by atoms with van der Waals surface area (Å²) in [6, 6.07) is 0. The Morgan fingerprint density at radius 3 is 2.93 bits per heavy atom. The van der Waals surface area contributed by atoms with Crippen LogP contribution in [0.1, 0.15) is 16.8 Å². The predicted octanol–water partition coefficient (Wildman–Crippen LogP) is 0.608. The van der Waals surface area contributed by atoms with Crippen LogP contribution >= 0.6 is 0 Å². The number of nitrogens with one attached hydrogen (secondary N) is 1. The van der Waals surface area contributed by atoms with Crippen LogP contribution in [-0.4, -0.2) is 23.0 Å². The Balaban J connectivity index is 2.41. The molecule has 80 valence electrons. The molecule has 0 aromatic carbocycles. The van der Waals surface area contributed by atoms with Gasteiger partial charge in [0.25, 0.3) is 0 Å². The van der Waals surface area contributed by atoms with Gasteiger partial charge in [-0.1, -0.05) is 0 Å². The average molecular weight is 206 g/mol. The molecular weight excluding hydrogens is 192 g/mol. The number of guanidine groups is 1. The second-order valence-corrected chi connectivity index (χ2v) is 3.62. The van der Waals surface area contributed by atoms with Gasteiger partial charge in [0.05, 0.1) is 19.3 Å². The number of nitrogens with zero attached hydrogens (tertiary/aromatic N) is 2. The lowest BCUT2D eigenvalue weighted by atomic mass is 10.1. The minimum absolute atomic E-state index is 0.0888. The Hall–Kier alpha value is -1.78. The van der Waals surface area contributed by atoms with Crippen LogP contribution in [0.15, 0.2) is 6.20 Å². The summed E-state index contributed by atoms with van der Waals surface area (Å²) in [5.41, 5.74) is 8.52. The SMILES string of the molecule is COc1c(C)ncc2c1CN(C(=N)N)C2. The molecule has 0 amide bonds. The molecule has 0 aliphatic carbocycles. The van der Waals surface area contributed by atoms with E-state index in [0.29, 0.717) is 13.1 Å². The van der Waals surface area contributed by atoms with Crippen molar-refractivity contribution < 1.29 is 4.74 Å². The molecule has 1 aliphatic heterocycles. The molecule has 0 spiro atoms. The fourth-order valence-corrected chi connectivity index (χ4v) is 1.88. The average Bonchev–Trinajstić information content (AvgIpc) is 2.61. The van der Waals surface area contributed by atoms with Crippen molar-refractivity contribution in [3.05, 3.63) is 23.0 Å². The number of aryl methyl sites for hydroxylation is 1. The maximum atomic E-state index is 7.39. The molecule has 0 atom stereocenters. The van der Waals surface area contributed by atoms with Crippen LogP contribution in [0.3, 0.4) is 0 Å². The van der Waals surface area contributed by atoms with E-state index in [2.05, 4.69) is 4.98 Å². The number of methoxy groups -OCH3 is 1. The van der Waals surface area contributed by atoms with Gasteiger partial charge in [-0.2, -0.15) is 0 Å². The molecule has 0 bridgehead atoms. The Morgan fingerprint density at radius 2 is 2.33 bits per heavy atom. The highest BCUT2D eigenvalue weighted by atomic mass is 16.5. The number of ether oxygens (including phenoxy) is 1. The van der Waals surface area contributed by atoms with Gasteiger partial charge in [0.15, 0.2) is 5.96 Å². The molecular formula is C10H14N4O. The van der Waals surface area contributed by atoms with Gasteiger partial charge in [-0.3, -0.25) is 10.4 Å². The van der Waals surface area contributed by atoms with E-state index in [1.54, 1.807) is 12.0 Å². The van der Waals surface area contributed by atoms with Crippen LogP contribution in [-0.2, 0) is 13.1 Å². The van der Waals surface area contributed by atoms with E-state index in [4.69, 9.17) is 15.9 Å². The highest BCUT2D eigenvalue weighted by Gasteiger charge is 2.24. The highest BCUT2D eigenvalue weighted by molar-refractivity contribution is 5.75. The first-order valence-electron chi connectivity index (χ1n) is 4.73. The van der Waals surface area contributed by atoms with Crippen molar-refractivity contribution >= 4 is 5.96 Å². The van der Waals surface area contributed by atoms with Crippen molar-refractivity contribution in [3.63, 3.8) is 0 Å². The molecule has 0 saturated carbocycles. The third kappa shape index (κ3) is 1.49. The number of fused-ring (bicyclic) bond motifs is 1. The van der Waals surface area contributed by atoms with Gasteiger partial charge in [-0.05, 0) is 12.5 Å². The van der Waals surface area contributed by atoms with Crippen LogP contribution in [0.4, 0.5) is 0 Å². The topological polar surface area (TPSA) is 75.2 Å². The Kier molecular flexibility index (Phi) is 2.22. The Labute approximate surface area is 88.4 Å². The molecule has 1 aliphatic rings. The van der Waals surface area contributed by atoms with Crippen molar-refractivity contribution in [2.24, 2.45) is 5.73 Å². The molecule has 2 heterocycles. The Morgan fingerprint density at radius 1 is 1.60 bits per heavy atom. The molecule has 5 heteroatoms. The van der Waals surface area contributed by atoms with E-state index in [1.165, 1.54) is 0 Å². The Bertz CT molecular complexity index is 416. The summed E-state index contributed by atoms with van der Waals surface area (Å²) in [6.07, 6.45) is 1.83. The van der Waals surface area contributed by atoms with Crippen molar-refractivity contribution in [3.8, 4) is 5.75 Å². The molecule has 15 heavy (non-hydrogen) atoms. The molecule has 1 aromatic heterocycles. The largest absolute Gasteiger partial charge is 0.494 e. The van der Waals surface area contributed by atoms with Crippen LogP contribution in [0.5, 0.6) is 5.75 Å². The third-order valence-corrected chi connectivity index (χ3v) is 2.66. The number of pyridine rings is 1. The zero-order valence-electron chi connectivity index (χ0n) is 8.87. The molecule has 0 saturated heterocycles. The van der Waals surface area contributed by atoms with Gasteiger partial charge in [-0.25, -0.2) is 0 Å². The van der Waals surface area contributed by atoms with Crippen LogP contribution in [0.2, 0.25) is 0 Å². The van der Waals surface area contributed by atoms with E-state index in [9.17, 15) is 0 Å². The first-order valence-corrected chi connectivity index (χ1v) is 4.73. The van der Waals surface area contributed by atoms with Crippen molar-refractivity contribution in [1.82, 2.24) is 9.88 Å². The lowest BCUT2D eigenvalue weighted by Gasteiger charge is -2.13. The van der Waals surface area contributed by atoms with E-state index in [1.807, 2.05) is 13.1 Å². The minimum atomic E-state index is 0.0888. The fourth-order valence-electron chi connectivity index (χ4n) is 1.88. The summed E-state index contributed by atoms with van der Waals surface area (Å²) in [7, 11) is 1.64. The van der Waals surface area contributed by atoms with E-state index in [-0.39, 0.29) is 5.96 Å². The number of aromatic nitrogens is 1. The van der Waals surface area contributed by atoms with Crippen LogP contribution < -0.4 is 10.5 Å². The van der Waals surface area contributed by atoms with Crippen molar-refractivity contribution in [2.75, 3.05) is 7.11 Å². The highest BCUT2D eigenvalue weighted by Crippen LogP contribution is 2.31. The van der Waals surface area contributed by atoms with E-state index in [0.717, 1.165) is 22.6 Å². The molecule has 3 N–H and O–H groups in total. The van der Waals surface area contributed by atoms with Gasteiger partial charge in [0.2, 0.25) is 0 Å². The van der Waals surface area contributed by atoms with Crippen LogP contribution in [0, 0.1) is 12.3 Å². The zero-order chi connectivity index (χ0) is 11.0. The van der Waals surface area contributed by atoms with Gasteiger partial charge < -0.3 is 15.4 Å². The summed E-state index contributed by atoms with van der Waals surface area (Å²) in [5, 5.41) is 7.39. The normalized spacial score (nSPS) is 13.9. The smallest absolute Gasteiger partial charge is 0.188 e. The van der Waals surface area contributed by atoms with E-state index >= 15 is 0 Å². The molecule has 5 nitrogen and oxygen atoms in total. The second kappa shape index (κ2) is 3.42. The molecule has 0 unspecified atom stereocenters. The first-order chi connectivity index (χ1) is 7.13. The minimum Gasteiger partial charge on any atom is -0.494 e. The summed E-state index contributed by atoms with van der Waals surface area (Å²) in [5.74, 6) is 0.905. The zero-order valence-corrected chi connectivity index (χ0v) is 8.87. The van der Waals surface area contributed by atoms with Gasteiger partial charge in [-0.15, -0.1) is 0 Å². The first kappa shape index (κ1) is 9.76. The van der Waals surface area contributed by atoms with Crippen molar-refractivity contribution in [1.29, 1.82) is 5.41 Å². The summed E-state index contributed by atoms with van der Waals surface area (Å²) in [6.45, 7) is 3.20. The summed E-state index contributed by atoms with van der Waals surface area (Å²) in [4.78, 5) is 6.04. The standard InChI is InChI=1S/C10H14N4O/c1-6-9(15-2)8-5-14(10(11)12)4-7(8)3-13-6/h3H,4-5H2,1-2H3,(H3,11,12). The van der Waals surface area contributed by atoms with Crippen molar-refractivity contribution in [2.45, 2.75) is 20.0 Å². The fraction of sp³-hybridized carbons (Fsp3) is 0.400. The van der Waals surface area contributed by atoms with E-state index < -0.39 is 0 Å². The summed E-state index contributed by atoms with van der Waals surface area (Å²) >= 11 is 0.